The first kappa shape index (κ1) is 25.4. The Bertz CT molecular complexity index is 670. The van der Waals surface area contributed by atoms with Crippen LogP contribution in [0.1, 0.15) is 109 Å². The molecule has 0 radical (unpaired) electrons. The molecule has 0 aliphatic heterocycles. The number of para-hydroxylation sites is 1. The van der Waals surface area contributed by atoms with Crippen molar-refractivity contribution >= 4 is 14.0 Å². The SMILES string of the molecule is CC(C)Oc1ccccc1C=C1CCCCC1P(C1CCCCC1)C1CCCCC1.[Ru]. The summed E-state index contributed by atoms with van der Waals surface area (Å²) in [7, 11) is 0.114. The van der Waals surface area contributed by atoms with Crippen molar-refractivity contribution in [2.24, 2.45) is 0 Å². The molecule has 3 aliphatic rings. The summed E-state index contributed by atoms with van der Waals surface area (Å²) in [6.45, 7) is 4.28. The van der Waals surface area contributed by atoms with E-state index >= 15 is 0 Å². The minimum Gasteiger partial charge on any atom is -0.490 e. The Labute approximate surface area is 205 Å². The molecule has 3 heteroatoms. The molecule has 1 nitrogen and oxygen atoms in total. The van der Waals surface area contributed by atoms with Gasteiger partial charge in [0.15, 0.2) is 0 Å². The van der Waals surface area contributed by atoms with Gasteiger partial charge in [0.05, 0.1) is 6.10 Å². The average Bonchev–Trinajstić information content (AvgIpc) is 2.78. The van der Waals surface area contributed by atoms with Crippen LogP contribution in [0.4, 0.5) is 0 Å². The van der Waals surface area contributed by atoms with Crippen LogP contribution in [-0.2, 0) is 19.5 Å². The van der Waals surface area contributed by atoms with Gasteiger partial charge in [0.25, 0.3) is 0 Å². The third-order valence-electron chi connectivity index (χ3n) is 7.60. The van der Waals surface area contributed by atoms with Gasteiger partial charge in [-0.15, -0.1) is 0 Å². The van der Waals surface area contributed by atoms with Crippen LogP contribution < -0.4 is 4.74 Å². The van der Waals surface area contributed by atoms with Crippen LogP contribution in [0.25, 0.3) is 6.08 Å². The van der Waals surface area contributed by atoms with Gasteiger partial charge < -0.3 is 4.74 Å². The van der Waals surface area contributed by atoms with E-state index in [0.717, 1.165) is 22.7 Å². The molecule has 3 saturated carbocycles. The van der Waals surface area contributed by atoms with E-state index in [1.54, 1.807) is 5.57 Å². The maximum absolute atomic E-state index is 6.18. The molecule has 3 aliphatic carbocycles. The first-order valence-electron chi connectivity index (χ1n) is 13.0. The zero-order valence-corrected chi connectivity index (χ0v) is 22.4. The molecule has 1 atom stereocenters. The summed E-state index contributed by atoms with van der Waals surface area (Å²) < 4.78 is 6.18. The van der Waals surface area contributed by atoms with Crippen molar-refractivity contribution in [2.45, 2.75) is 127 Å². The fourth-order valence-corrected chi connectivity index (χ4v) is 10.9. The normalized spacial score (nSPS) is 25.0. The van der Waals surface area contributed by atoms with Crippen molar-refractivity contribution in [3.05, 3.63) is 35.4 Å². The van der Waals surface area contributed by atoms with Gasteiger partial charge in [-0.3, -0.25) is 0 Å². The molecule has 0 spiro atoms. The second kappa shape index (κ2) is 12.9. The van der Waals surface area contributed by atoms with Gasteiger partial charge >= 0.3 is 0 Å². The van der Waals surface area contributed by atoms with E-state index in [1.807, 2.05) is 0 Å². The Balaban J connectivity index is 0.00000272. The fraction of sp³-hybridized carbons (Fsp3) is 0.714. The molecule has 0 heterocycles. The topological polar surface area (TPSA) is 9.23 Å². The molecule has 1 aromatic carbocycles. The second-order valence-electron chi connectivity index (χ2n) is 10.2. The van der Waals surface area contributed by atoms with Crippen LogP contribution in [-0.4, -0.2) is 23.1 Å². The zero-order valence-electron chi connectivity index (χ0n) is 19.8. The van der Waals surface area contributed by atoms with Crippen LogP contribution in [0, 0.1) is 0 Å². The van der Waals surface area contributed by atoms with Crippen molar-refractivity contribution in [1.82, 2.24) is 0 Å². The predicted molar refractivity (Wildman–Crippen MR) is 133 cm³/mol. The van der Waals surface area contributed by atoms with E-state index in [-0.39, 0.29) is 33.5 Å². The third kappa shape index (κ3) is 6.90. The predicted octanol–water partition coefficient (Wildman–Crippen LogP) is 8.94. The Hall–Kier alpha value is -0.187. The van der Waals surface area contributed by atoms with Gasteiger partial charge in [0.1, 0.15) is 5.75 Å². The van der Waals surface area contributed by atoms with Crippen LogP contribution in [0.5, 0.6) is 5.75 Å². The molecule has 3 fully saturated rings. The van der Waals surface area contributed by atoms with Crippen molar-refractivity contribution in [3.8, 4) is 5.75 Å². The average molecular weight is 528 g/mol. The van der Waals surface area contributed by atoms with Gasteiger partial charge in [-0.05, 0) is 76.2 Å². The molecule has 0 aromatic heterocycles. The van der Waals surface area contributed by atoms with E-state index in [4.69, 9.17) is 4.74 Å². The minimum atomic E-state index is 0. The Morgan fingerprint density at radius 1 is 0.806 bits per heavy atom. The third-order valence-corrected chi connectivity index (χ3v) is 11.6. The molecule has 1 aromatic rings. The summed E-state index contributed by atoms with van der Waals surface area (Å²) in [6.07, 6.45) is 23.5. The van der Waals surface area contributed by atoms with Gasteiger partial charge in [-0.1, -0.05) is 82.7 Å². The van der Waals surface area contributed by atoms with Crippen molar-refractivity contribution in [2.75, 3.05) is 0 Å². The van der Waals surface area contributed by atoms with Gasteiger partial charge in [-0.25, -0.2) is 0 Å². The monoisotopic (exact) mass is 528 g/mol. The quantitative estimate of drug-likeness (QED) is 0.265. The maximum atomic E-state index is 6.18. The Morgan fingerprint density at radius 3 is 2.00 bits per heavy atom. The largest absolute Gasteiger partial charge is 0.490 e. The standard InChI is InChI=1S/C28H43OP.Ru/c1-22(2)29-27-19-11-9-13-23(27)21-24-14-10-12-20-28(24)30(25-15-5-3-6-16-25)26-17-7-4-8-18-26;/h9,11,13,19,21-22,25-26,28H,3-8,10,12,14-18,20H2,1-2H3;. The first-order chi connectivity index (χ1) is 14.7. The van der Waals surface area contributed by atoms with Crippen molar-refractivity contribution < 1.29 is 24.2 Å². The summed E-state index contributed by atoms with van der Waals surface area (Å²) in [4.78, 5) is 0. The second-order valence-corrected chi connectivity index (χ2v) is 13.2. The number of benzene rings is 1. The van der Waals surface area contributed by atoms with E-state index < -0.39 is 0 Å². The van der Waals surface area contributed by atoms with E-state index in [2.05, 4.69) is 44.2 Å². The molecule has 31 heavy (non-hydrogen) atoms. The summed E-state index contributed by atoms with van der Waals surface area (Å²) in [5.41, 5.74) is 6.07. The summed E-state index contributed by atoms with van der Waals surface area (Å²) in [6, 6.07) is 8.74. The minimum absolute atomic E-state index is 0. The summed E-state index contributed by atoms with van der Waals surface area (Å²) >= 11 is 0. The number of hydrogen-bond acceptors (Lipinski definition) is 1. The Morgan fingerprint density at radius 2 is 1.39 bits per heavy atom. The van der Waals surface area contributed by atoms with Gasteiger partial charge in [0, 0.05) is 30.7 Å². The van der Waals surface area contributed by atoms with E-state index in [1.165, 1.54) is 95.5 Å². The molecular weight excluding hydrogens is 484 g/mol. The van der Waals surface area contributed by atoms with Crippen LogP contribution in [0.3, 0.4) is 0 Å². The number of allylic oxidation sites excluding steroid dienone is 1. The molecule has 0 saturated heterocycles. The molecule has 174 valence electrons. The van der Waals surface area contributed by atoms with Gasteiger partial charge in [-0.2, -0.15) is 0 Å². The van der Waals surface area contributed by atoms with Gasteiger partial charge in [0.2, 0.25) is 0 Å². The fourth-order valence-electron chi connectivity index (χ4n) is 6.25. The molecule has 0 amide bonds. The van der Waals surface area contributed by atoms with Crippen LogP contribution >= 0.6 is 7.92 Å². The zero-order chi connectivity index (χ0) is 20.8. The van der Waals surface area contributed by atoms with Crippen molar-refractivity contribution in [1.29, 1.82) is 0 Å². The smallest absolute Gasteiger partial charge is 0.126 e. The van der Waals surface area contributed by atoms with E-state index in [9.17, 15) is 0 Å². The van der Waals surface area contributed by atoms with Crippen LogP contribution in [0.15, 0.2) is 29.8 Å². The Kier molecular flexibility index (Phi) is 10.6. The molecule has 4 rings (SSSR count). The summed E-state index contributed by atoms with van der Waals surface area (Å²) in [5.74, 6) is 1.07. The van der Waals surface area contributed by atoms with Crippen LogP contribution in [0.2, 0.25) is 0 Å². The first-order valence-corrected chi connectivity index (χ1v) is 14.5. The molecule has 1 unspecified atom stereocenters. The molecular formula is C28H43OPRu. The van der Waals surface area contributed by atoms with Crippen molar-refractivity contribution in [3.63, 3.8) is 0 Å². The number of hydrogen-bond donors (Lipinski definition) is 0. The van der Waals surface area contributed by atoms with E-state index in [0.29, 0.717) is 0 Å². The maximum Gasteiger partial charge on any atom is 0.126 e. The summed E-state index contributed by atoms with van der Waals surface area (Å²) in [5, 5.41) is 0. The number of ether oxygens (including phenoxy) is 1. The molecule has 0 bridgehead atoms. The number of rotatable bonds is 6. The molecule has 0 N–H and O–H groups in total.